The molecule has 154 valence electrons. The lowest BCUT2D eigenvalue weighted by Crippen LogP contribution is -2.32. The van der Waals surface area contributed by atoms with Crippen LogP contribution in [0.1, 0.15) is 43.4 Å². The van der Waals surface area contributed by atoms with Gasteiger partial charge in [-0.25, -0.2) is 8.42 Å². The minimum Gasteiger partial charge on any atom is -0.496 e. The Morgan fingerprint density at radius 1 is 1.10 bits per heavy atom. The van der Waals surface area contributed by atoms with E-state index in [0.717, 1.165) is 29.0 Å². The van der Waals surface area contributed by atoms with Crippen molar-refractivity contribution in [2.75, 3.05) is 25.5 Å². The Balaban J connectivity index is 1.76. The topological polar surface area (TPSA) is 58.6 Å². The third kappa shape index (κ3) is 3.34. The minimum absolute atomic E-state index is 0.115. The van der Waals surface area contributed by atoms with Gasteiger partial charge in [0.2, 0.25) is 10.0 Å². The zero-order valence-corrected chi connectivity index (χ0v) is 17.9. The van der Waals surface area contributed by atoms with Crippen LogP contribution < -0.4 is 10.1 Å². The number of methoxy groups -OCH3 is 1. The van der Waals surface area contributed by atoms with Gasteiger partial charge in [-0.2, -0.15) is 4.31 Å². The van der Waals surface area contributed by atoms with Gasteiger partial charge < -0.3 is 10.1 Å². The van der Waals surface area contributed by atoms with E-state index in [1.807, 2.05) is 44.2 Å². The van der Waals surface area contributed by atoms with Crippen molar-refractivity contribution in [3.8, 4) is 5.75 Å². The highest BCUT2D eigenvalue weighted by Crippen LogP contribution is 2.51. The number of fused-ring (bicyclic) bond motifs is 3. The first-order valence-corrected chi connectivity index (χ1v) is 11.7. The third-order valence-corrected chi connectivity index (χ3v) is 8.20. The Hall–Kier alpha value is -2.31. The molecule has 0 aromatic heterocycles. The molecule has 1 N–H and O–H groups in total. The average molecular weight is 413 g/mol. The van der Waals surface area contributed by atoms with Gasteiger partial charge >= 0.3 is 0 Å². The maximum atomic E-state index is 13.0. The molecule has 2 aliphatic rings. The molecule has 5 nitrogen and oxygen atoms in total. The van der Waals surface area contributed by atoms with Gasteiger partial charge in [0.25, 0.3) is 0 Å². The number of rotatable bonds is 6. The molecule has 0 radical (unpaired) electrons. The number of allylic oxidation sites excluding steroid dienone is 2. The number of hydrogen-bond acceptors (Lipinski definition) is 4. The summed E-state index contributed by atoms with van der Waals surface area (Å²) in [7, 11) is -1.78. The van der Waals surface area contributed by atoms with Gasteiger partial charge in [0.15, 0.2) is 0 Å². The average Bonchev–Trinajstić information content (AvgIpc) is 3.23. The number of nitrogens with zero attached hydrogens (tertiary/aromatic N) is 1. The van der Waals surface area contributed by atoms with Gasteiger partial charge in [0.1, 0.15) is 5.75 Å². The van der Waals surface area contributed by atoms with Gasteiger partial charge in [-0.15, -0.1) is 0 Å². The summed E-state index contributed by atoms with van der Waals surface area (Å²) in [5, 5.41) is 3.67. The molecule has 0 saturated carbocycles. The first-order chi connectivity index (χ1) is 14.0. The number of ether oxygens (including phenoxy) is 1. The molecule has 1 aliphatic carbocycles. The first kappa shape index (κ1) is 20.0. The number of benzene rings is 2. The second-order valence-electron chi connectivity index (χ2n) is 7.56. The molecular weight excluding hydrogens is 384 g/mol. The van der Waals surface area contributed by atoms with Crippen molar-refractivity contribution in [1.29, 1.82) is 0 Å². The van der Waals surface area contributed by atoms with Crippen molar-refractivity contribution in [3.63, 3.8) is 0 Å². The van der Waals surface area contributed by atoms with Gasteiger partial charge in [-0.1, -0.05) is 44.2 Å². The van der Waals surface area contributed by atoms with E-state index in [0.29, 0.717) is 23.9 Å². The van der Waals surface area contributed by atoms with Crippen molar-refractivity contribution in [2.24, 2.45) is 5.92 Å². The zero-order valence-electron chi connectivity index (χ0n) is 17.1. The fraction of sp³-hybridized carbons (Fsp3) is 0.391. The fourth-order valence-electron chi connectivity index (χ4n) is 4.68. The molecule has 1 aliphatic heterocycles. The van der Waals surface area contributed by atoms with Crippen LogP contribution in [0.2, 0.25) is 0 Å². The quantitative estimate of drug-likeness (QED) is 0.707. The molecular formula is C23H28N2O3S. The highest BCUT2D eigenvalue weighted by molar-refractivity contribution is 7.89. The predicted octanol–water partition coefficient (Wildman–Crippen LogP) is 4.55. The molecule has 4 rings (SSSR count). The minimum atomic E-state index is -3.48. The lowest BCUT2D eigenvalue weighted by atomic mass is 9.77. The highest BCUT2D eigenvalue weighted by atomic mass is 32.2. The summed E-state index contributed by atoms with van der Waals surface area (Å²) in [6, 6.07) is 13.7. The van der Waals surface area contributed by atoms with E-state index < -0.39 is 10.0 Å². The van der Waals surface area contributed by atoms with Crippen LogP contribution in [0.4, 0.5) is 5.69 Å². The summed E-state index contributed by atoms with van der Waals surface area (Å²) < 4.78 is 33.1. The molecule has 2 aromatic rings. The Labute approximate surface area is 173 Å². The van der Waals surface area contributed by atoms with E-state index in [1.165, 1.54) is 4.31 Å². The SMILES string of the molecule is CCN(CC)S(=O)(=O)c1ccc2c(c1)C1C=CCC1C(c1ccccc1OC)N2. The second kappa shape index (κ2) is 7.84. The monoisotopic (exact) mass is 412 g/mol. The van der Waals surface area contributed by atoms with Gasteiger partial charge in [-0.3, -0.25) is 0 Å². The van der Waals surface area contributed by atoms with E-state index in [2.05, 4.69) is 23.5 Å². The van der Waals surface area contributed by atoms with Crippen LogP contribution in [0.3, 0.4) is 0 Å². The largest absolute Gasteiger partial charge is 0.496 e. The summed E-state index contributed by atoms with van der Waals surface area (Å²) in [5.74, 6) is 1.39. The molecule has 0 fully saturated rings. The maximum Gasteiger partial charge on any atom is 0.243 e. The summed E-state index contributed by atoms with van der Waals surface area (Å²) >= 11 is 0. The molecule has 0 bridgehead atoms. The molecule has 3 unspecified atom stereocenters. The number of anilines is 1. The van der Waals surface area contributed by atoms with Crippen LogP contribution in [0, 0.1) is 5.92 Å². The van der Waals surface area contributed by atoms with E-state index in [4.69, 9.17) is 4.74 Å². The van der Waals surface area contributed by atoms with Crippen LogP contribution in [-0.2, 0) is 10.0 Å². The van der Waals surface area contributed by atoms with E-state index in [1.54, 1.807) is 13.2 Å². The summed E-state index contributed by atoms with van der Waals surface area (Å²) in [6.45, 7) is 4.68. The summed E-state index contributed by atoms with van der Waals surface area (Å²) in [5.41, 5.74) is 3.19. The fourth-order valence-corrected chi connectivity index (χ4v) is 6.17. The molecule has 3 atom stereocenters. The second-order valence-corrected chi connectivity index (χ2v) is 9.49. The molecule has 2 aromatic carbocycles. The Bertz CT molecular complexity index is 1030. The van der Waals surface area contributed by atoms with Crippen molar-refractivity contribution < 1.29 is 13.2 Å². The van der Waals surface area contributed by atoms with E-state index in [-0.39, 0.29) is 12.0 Å². The molecule has 6 heteroatoms. The molecule has 0 spiro atoms. The normalized spacial score (nSPS) is 22.8. The zero-order chi connectivity index (χ0) is 20.6. The summed E-state index contributed by atoms with van der Waals surface area (Å²) in [6.07, 6.45) is 5.38. The summed E-state index contributed by atoms with van der Waals surface area (Å²) in [4.78, 5) is 0.372. The Morgan fingerprint density at radius 2 is 1.86 bits per heavy atom. The molecule has 1 heterocycles. The Kier molecular flexibility index (Phi) is 5.40. The first-order valence-electron chi connectivity index (χ1n) is 10.2. The lowest BCUT2D eigenvalue weighted by Gasteiger charge is -2.38. The van der Waals surface area contributed by atoms with Crippen molar-refractivity contribution >= 4 is 15.7 Å². The molecule has 29 heavy (non-hydrogen) atoms. The van der Waals surface area contributed by atoms with Crippen LogP contribution in [0.25, 0.3) is 0 Å². The maximum absolute atomic E-state index is 13.0. The number of para-hydroxylation sites is 1. The Morgan fingerprint density at radius 3 is 2.59 bits per heavy atom. The van der Waals surface area contributed by atoms with Crippen molar-refractivity contribution in [1.82, 2.24) is 4.31 Å². The third-order valence-electron chi connectivity index (χ3n) is 6.15. The number of nitrogens with one attached hydrogen (secondary N) is 1. The molecule has 0 saturated heterocycles. The predicted molar refractivity (Wildman–Crippen MR) is 116 cm³/mol. The van der Waals surface area contributed by atoms with E-state index >= 15 is 0 Å². The number of sulfonamides is 1. The lowest BCUT2D eigenvalue weighted by molar-refractivity contribution is 0.381. The van der Waals surface area contributed by atoms with Crippen LogP contribution in [-0.4, -0.2) is 32.9 Å². The van der Waals surface area contributed by atoms with Crippen LogP contribution in [0.5, 0.6) is 5.75 Å². The van der Waals surface area contributed by atoms with Gasteiger partial charge in [0.05, 0.1) is 18.0 Å². The van der Waals surface area contributed by atoms with Crippen LogP contribution in [0.15, 0.2) is 59.5 Å². The van der Waals surface area contributed by atoms with Gasteiger partial charge in [-0.05, 0) is 42.2 Å². The van der Waals surface area contributed by atoms with Crippen LogP contribution >= 0.6 is 0 Å². The highest BCUT2D eigenvalue weighted by Gasteiger charge is 2.39. The standard InChI is InChI=1S/C23H28N2O3S/c1-4-25(5-2)29(26,27)16-13-14-21-20(15-16)17-10-8-11-18(17)23(24-21)19-9-6-7-12-22(19)28-3/h6-10,12-15,17-18,23-24H,4-5,11H2,1-3H3. The van der Waals surface area contributed by atoms with Gasteiger partial charge in [0, 0.05) is 30.3 Å². The molecule has 0 amide bonds. The van der Waals surface area contributed by atoms with E-state index in [9.17, 15) is 8.42 Å². The van der Waals surface area contributed by atoms with Crippen molar-refractivity contribution in [2.45, 2.75) is 37.1 Å². The number of hydrogen-bond donors (Lipinski definition) is 1. The van der Waals surface area contributed by atoms with Crippen molar-refractivity contribution in [3.05, 3.63) is 65.7 Å². The smallest absolute Gasteiger partial charge is 0.243 e.